The van der Waals surface area contributed by atoms with Crippen LogP contribution in [0.1, 0.15) is 18.1 Å². The zero-order valence-corrected chi connectivity index (χ0v) is 15.9. The van der Waals surface area contributed by atoms with Crippen molar-refractivity contribution in [1.29, 1.82) is 5.26 Å². The third-order valence-electron chi connectivity index (χ3n) is 4.23. The van der Waals surface area contributed by atoms with E-state index in [0.717, 1.165) is 11.3 Å². The predicted molar refractivity (Wildman–Crippen MR) is 109 cm³/mol. The van der Waals surface area contributed by atoms with Crippen molar-refractivity contribution < 1.29 is 13.9 Å². The minimum Gasteiger partial charge on any atom is -0.457 e. The van der Waals surface area contributed by atoms with Crippen molar-refractivity contribution in [3.8, 4) is 17.6 Å². The summed E-state index contributed by atoms with van der Waals surface area (Å²) >= 11 is 0. The van der Waals surface area contributed by atoms with E-state index in [1.165, 1.54) is 12.1 Å². The Morgan fingerprint density at radius 1 is 1.00 bits per heavy atom. The Bertz CT molecular complexity index is 994. The fourth-order valence-corrected chi connectivity index (χ4v) is 2.61. The lowest BCUT2D eigenvalue weighted by molar-refractivity contribution is -0.121. The molecule has 0 saturated heterocycles. The lowest BCUT2D eigenvalue weighted by Gasteiger charge is -2.16. The molecule has 6 heteroatoms. The molecule has 3 aromatic rings. The molecule has 1 amide bonds. The van der Waals surface area contributed by atoms with Gasteiger partial charge < -0.3 is 15.4 Å². The van der Waals surface area contributed by atoms with Gasteiger partial charge in [0, 0.05) is 12.2 Å². The van der Waals surface area contributed by atoms with Crippen LogP contribution in [-0.4, -0.2) is 11.9 Å². The minimum atomic E-state index is -0.444. The van der Waals surface area contributed by atoms with Crippen LogP contribution < -0.4 is 15.4 Å². The number of nitriles is 1. The zero-order chi connectivity index (χ0) is 20.6. The number of carbonyl (C=O) groups is 1. The first-order valence-corrected chi connectivity index (χ1v) is 9.10. The molecule has 0 spiro atoms. The molecule has 1 unspecified atom stereocenters. The van der Waals surface area contributed by atoms with Gasteiger partial charge in [0.15, 0.2) is 0 Å². The smallest absolute Gasteiger partial charge is 0.242 e. The average molecular weight is 389 g/mol. The highest BCUT2D eigenvalue weighted by Crippen LogP contribution is 2.23. The van der Waals surface area contributed by atoms with Crippen molar-refractivity contribution in [2.45, 2.75) is 19.5 Å². The van der Waals surface area contributed by atoms with E-state index in [-0.39, 0.29) is 11.7 Å². The van der Waals surface area contributed by atoms with Crippen LogP contribution in [0.15, 0.2) is 72.8 Å². The summed E-state index contributed by atoms with van der Waals surface area (Å²) in [6.07, 6.45) is 0. The van der Waals surface area contributed by atoms with Gasteiger partial charge in [-0.2, -0.15) is 5.26 Å². The fourth-order valence-electron chi connectivity index (χ4n) is 2.61. The molecule has 29 heavy (non-hydrogen) atoms. The molecule has 5 nitrogen and oxygen atoms in total. The average Bonchev–Trinajstić information content (AvgIpc) is 2.75. The van der Waals surface area contributed by atoms with Gasteiger partial charge in [0.25, 0.3) is 0 Å². The number of rotatable bonds is 7. The van der Waals surface area contributed by atoms with E-state index in [1.54, 1.807) is 55.5 Å². The van der Waals surface area contributed by atoms with Gasteiger partial charge in [-0.25, -0.2) is 4.39 Å². The minimum absolute atomic E-state index is 0.160. The first-order valence-electron chi connectivity index (χ1n) is 9.10. The van der Waals surface area contributed by atoms with Gasteiger partial charge in [0.1, 0.15) is 23.4 Å². The van der Waals surface area contributed by atoms with E-state index in [9.17, 15) is 9.18 Å². The summed E-state index contributed by atoms with van der Waals surface area (Å²) in [5.41, 5.74) is 2.18. The normalized spacial score (nSPS) is 11.2. The topological polar surface area (TPSA) is 74.1 Å². The van der Waals surface area contributed by atoms with Gasteiger partial charge in [-0.15, -0.1) is 0 Å². The van der Waals surface area contributed by atoms with Crippen molar-refractivity contribution in [2.24, 2.45) is 0 Å². The molecule has 0 aliphatic heterocycles. The lowest BCUT2D eigenvalue weighted by Crippen LogP contribution is -2.37. The largest absolute Gasteiger partial charge is 0.457 e. The summed E-state index contributed by atoms with van der Waals surface area (Å²) in [7, 11) is 0. The van der Waals surface area contributed by atoms with E-state index in [4.69, 9.17) is 10.00 Å². The third-order valence-corrected chi connectivity index (χ3v) is 4.23. The van der Waals surface area contributed by atoms with E-state index < -0.39 is 6.04 Å². The molecule has 1 atom stereocenters. The maximum atomic E-state index is 12.9. The quantitative estimate of drug-likeness (QED) is 0.619. The number of halogens is 1. The first-order chi connectivity index (χ1) is 14.0. The van der Waals surface area contributed by atoms with Crippen molar-refractivity contribution >= 4 is 11.6 Å². The summed E-state index contributed by atoms with van der Waals surface area (Å²) in [5, 5.41) is 14.8. The van der Waals surface area contributed by atoms with Crippen LogP contribution in [-0.2, 0) is 11.3 Å². The Labute approximate surface area is 168 Å². The van der Waals surface area contributed by atoms with Crippen molar-refractivity contribution in [3.63, 3.8) is 0 Å². The molecule has 3 rings (SSSR count). The predicted octanol–water partition coefficient (Wildman–Crippen LogP) is 4.61. The van der Waals surface area contributed by atoms with Crippen LogP contribution in [0.25, 0.3) is 0 Å². The summed E-state index contributed by atoms with van der Waals surface area (Å²) in [4.78, 5) is 12.3. The molecule has 0 saturated carbocycles. The summed E-state index contributed by atoms with van der Waals surface area (Å²) in [6.45, 7) is 2.10. The summed E-state index contributed by atoms with van der Waals surface area (Å²) in [5.74, 6) is 0.820. The third kappa shape index (κ3) is 5.81. The van der Waals surface area contributed by atoms with Crippen LogP contribution in [0.3, 0.4) is 0 Å². The SMILES string of the molecule is CC(Nc1ccc(Oc2ccc(C#N)cc2)cc1)C(=O)NCc1ccc(F)cc1. The van der Waals surface area contributed by atoms with Crippen LogP contribution in [0.4, 0.5) is 10.1 Å². The van der Waals surface area contributed by atoms with Gasteiger partial charge in [-0.05, 0) is 73.2 Å². The second-order valence-corrected chi connectivity index (χ2v) is 6.47. The summed E-state index contributed by atoms with van der Waals surface area (Å²) < 4.78 is 18.7. The van der Waals surface area contributed by atoms with Gasteiger partial charge in [0.05, 0.1) is 11.6 Å². The highest BCUT2D eigenvalue weighted by molar-refractivity contribution is 5.84. The standard InChI is InChI=1S/C23H20FN3O2/c1-16(23(28)26-15-18-2-6-19(24)7-3-18)27-20-8-12-22(13-9-20)29-21-10-4-17(14-25)5-11-21/h2-13,16,27H,15H2,1H3,(H,26,28). The van der Waals surface area contributed by atoms with E-state index in [1.807, 2.05) is 12.1 Å². The van der Waals surface area contributed by atoms with Crippen LogP contribution in [0.2, 0.25) is 0 Å². The fraction of sp³-hybridized carbons (Fsp3) is 0.130. The molecule has 0 aliphatic carbocycles. The van der Waals surface area contributed by atoms with Crippen molar-refractivity contribution in [3.05, 3.63) is 89.7 Å². The van der Waals surface area contributed by atoms with Gasteiger partial charge in [0.2, 0.25) is 5.91 Å². The summed E-state index contributed by atoms with van der Waals surface area (Å²) in [6, 6.07) is 21.7. The molecule has 0 fully saturated rings. The maximum Gasteiger partial charge on any atom is 0.242 e. The second-order valence-electron chi connectivity index (χ2n) is 6.47. The lowest BCUT2D eigenvalue weighted by atomic mass is 10.2. The Kier molecular flexibility index (Phi) is 6.43. The Balaban J connectivity index is 1.50. The molecular weight excluding hydrogens is 369 g/mol. The molecule has 0 radical (unpaired) electrons. The molecule has 0 bridgehead atoms. The van der Waals surface area contributed by atoms with Gasteiger partial charge >= 0.3 is 0 Å². The first kappa shape index (κ1) is 19.9. The number of benzene rings is 3. The van der Waals surface area contributed by atoms with E-state index in [0.29, 0.717) is 23.6 Å². The van der Waals surface area contributed by atoms with Crippen LogP contribution >= 0.6 is 0 Å². The Morgan fingerprint density at radius 3 is 2.17 bits per heavy atom. The number of hydrogen-bond donors (Lipinski definition) is 2. The molecule has 2 N–H and O–H groups in total. The molecule has 0 aliphatic rings. The van der Waals surface area contributed by atoms with Crippen LogP contribution in [0, 0.1) is 17.1 Å². The number of anilines is 1. The highest BCUT2D eigenvalue weighted by Gasteiger charge is 2.12. The molecular formula is C23H20FN3O2. The van der Waals surface area contributed by atoms with Crippen molar-refractivity contribution in [1.82, 2.24) is 5.32 Å². The second kappa shape index (κ2) is 9.38. The molecule has 0 heterocycles. The number of carbonyl (C=O) groups excluding carboxylic acids is 1. The van der Waals surface area contributed by atoms with Crippen molar-refractivity contribution in [2.75, 3.05) is 5.32 Å². The molecule has 0 aromatic heterocycles. The molecule has 146 valence electrons. The van der Waals surface area contributed by atoms with E-state index >= 15 is 0 Å². The monoisotopic (exact) mass is 389 g/mol. The van der Waals surface area contributed by atoms with Gasteiger partial charge in [-0.3, -0.25) is 4.79 Å². The number of nitrogens with one attached hydrogen (secondary N) is 2. The van der Waals surface area contributed by atoms with E-state index in [2.05, 4.69) is 16.7 Å². The number of nitrogens with zero attached hydrogens (tertiary/aromatic N) is 1. The number of hydrogen-bond acceptors (Lipinski definition) is 4. The van der Waals surface area contributed by atoms with Crippen LogP contribution in [0.5, 0.6) is 11.5 Å². The maximum absolute atomic E-state index is 12.9. The Hall–Kier alpha value is -3.85. The molecule has 3 aromatic carbocycles. The highest BCUT2D eigenvalue weighted by atomic mass is 19.1. The zero-order valence-electron chi connectivity index (χ0n) is 15.9. The number of amides is 1. The van der Waals surface area contributed by atoms with Gasteiger partial charge in [-0.1, -0.05) is 12.1 Å². The number of ether oxygens (including phenoxy) is 1. The Morgan fingerprint density at radius 2 is 1.59 bits per heavy atom.